The van der Waals surface area contributed by atoms with Crippen LogP contribution in [-0.2, 0) is 9.53 Å². The van der Waals surface area contributed by atoms with Gasteiger partial charge in [0.05, 0.1) is 6.26 Å². The van der Waals surface area contributed by atoms with Gasteiger partial charge in [-0.05, 0) is 18.9 Å². The molecule has 0 saturated heterocycles. The van der Waals surface area contributed by atoms with E-state index in [9.17, 15) is 4.79 Å². The smallest absolute Gasteiger partial charge is 0.307 e. The maximum Gasteiger partial charge on any atom is 0.307 e. The predicted octanol–water partition coefficient (Wildman–Crippen LogP) is 2.03. The minimum atomic E-state index is -0.283. The monoisotopic (exact) mass is 140 g/mol. The first-order valence-electron chi connectivity index (χ1n) is 3.20. The van der Waals surface area contributed by atoms with Gasteiger partial charge >= 0.3 is 5.97 Å². The average molecular weight is 140 g/mol. The van der Waals surface area contributed by atoms with Gasteiger partial charge in [0.15, 0.2) is 0 Å². The van der Waals surface area contributed by atoms with E-state index >= 15 is 0 Å². The van der Waals surface area contributed by atoms with Crippen molar-refractivity contribution >= 4 is 5.97 Å². The lowest BCUT2D eigenvalue weighted by molar-refractivity contribution is -0.135. The van der Waals surface area contributed by atoms with Crippen LogP contribution in [0.1, 0.15) is 19.8 Å². The van der Waals surface area contributed by atoms with E-state index in [-0.39, 0.29) is 5.97 Å². The number of carbonyl (C=O) groups excluding carboxylic acids is 1. The summed E-state index contributed by atoms with van der Waals surface area (Å²) in [5.74, 6) is -0.283. The van der Waals surface area contributed by atoms with Gasteiger partial charge in [-0.25, -0.2) is 0 Å². The van der Waals surface area contributed by atoms with Gasteiger partial charge in [-0.1, -0.05) is 6.08 Å². The number of rotatable bonds is 4. The van der Waals surface area contributed by atoms with Crippen LogP contribution in [0.3, 0.4) is 0 Å². The Bertz CT molecular complexity index is 136. The first-order valence-corrected chi connectivity index (χ1v) is 3.20. The Balaban J connectivity index is 3.20. The molecule has 0 heterocycles. The van der Waals surface area contributed by atoms with Gasteiger partial charge < -0.3 is 4.74 Å². The highest BCUT2D eigenvalue weighted by Gasteiger charge is 1.82. The van der Waals surface area contributed by atoms with Gasteiger partial charge in [0.25, 0.3) is 0 Å². The number of unbranched alkanes of at least 4 members (excludes halogenated alkanes) is 1. The van der Waals surface area contributed by atoms with Crippen molar-refractivity contribution in [1.82, 2.24) is 0 Å². The second-order valence-electron chi connectivity index (χ2n) is 1.85. The summed E-state index contributed by atoms with van der Waals surface area (Å²) in [6.07, 6.45) is 6.81. The zero-order valence-corrected chi connectivity index (χ0v) is 6.17. The Morgan fingerprint density at radius 3 is 2.80 bits per heavy atom. The maximum absolute atomic E-state index is 10.2. The molecule has 0 aliphatic heterocycles. The topological polar surface area (TPSA) is 26.3 Å². The summed E-state index contributed by atoms with van der Waals surface area (Å²) in [5.41, 5.74) is 0. The van der Waals surface area contributed by atoms with Crippen molar-refractivity contribution in [1.29, 1.82) is 0 Å². The highest BCUT2D eigenvalue weighted by molar-refractivity contribution is 5.66. The fourth-order valence-electron chi connectivity index (χ4n) is 0.426. The molecule has 0 atom stereocenters. The minimum Gasteiger partial charge on any atom is -0.435 e. The second-order valence-corrected chi connectivity index (χ2v) is 1.85. The van der Waals surface area contributed by atoms with E-state index in [1.165, 1.54) is 13.2 Å². The Morgan fingerprint density at radius 2 is 2.30 bits per heavy atom. The van der Waals surface area contributed by atoms with Crippen LogP contribution in [0.4, 0.5) is 0 Å². The number of esters is 1. The van der Waals surface area contributed by atoms with Gasteiger partial charge in [0, 0.05) is 6.92 Å². The van der Waals surface area contributed by atoms with Gasteiger partial charge in [0.1, 0.15) is 0 Å². The van der Waals surface area contributed by atoms with Crippen LogP contribution < -0.4 is 0 Å². The number of carbonyl (C=O) groups is 1. The number of hydrogen-bond donors (Lipinski definition) is 0. The van der Waals surface area contributed by atoms with Crippen LogP contribution in [0.15, 0.2) is 25.0 Å². The molecule has 0 saturated carbocycles. The Labute approximate surface area is 61.2 Å². The zero-order valence-electron chi connectivity index (χ0n) is 6.17. The summed E-state index contributed by atoms with van der Waals surface area (Å²) in [5, 5.41) is 0. The molecule has 0 radical (unpaired) electrons. The van der Waals surface area contributed by atoms with Crippen molar-refractivity contribution in [2.75, 3.05) is 0 Å². The van der Waals surface area contributed by atoms with E-state index in [0.717, 1.165) is 12.8 Å². The molecule has 0 spiro atoms. The lowest BCUT2D eigenvalue weighted by Crippen LogP contribution is -1.88. The molecular weight excluding hydrogens is 128 g/mol. The fourth-order valence-corrected chi connectivity index (χ4v) is 0.426. The summed E-state index contributed by atoms with van der Waals surface area (Å²) in [7, 11) is 0. The summed E-state index contributed by atoms with van der Waals surface area (Å²) in [6.45, 7) is 4.92. The van der Waals surface area contributed by atoms with Crippen molar-refractivity contribution in [2.24, 2.45) is 0 Å². The van der Waals surface area contributed by atoms with Crippen molar-refractivity contribution in [2.45, 2.75) is 19.8 Å². The lowest BCUT2D eigenvalue weighted by atomic mass is 10.3. The highest BCUT2D eigenvalue weighted by atomic mass is 16.5. The first-order chi connectivity index (χ1) is 4.77. The molecule has 2 nitrogen and oxygen atoms in total. The van der Waals surface area contributed by atoms with Crippen LogP contribution in [0, 0.1) is 0 Å². The molecule has 0 aliphatic carbocycles. The second kappa shape index (κ2) is 6.08. The molecule has 56 valence electrons. The third-order valence-electron chi connectivity index (χ3n) is 0.868. The number of hydrogen-bond acceptors (Lipinski definition) is 2. The summed E-state index contributed by atoms with van der Waals surface area (Å²) in [4.78, 5) is 10.2. The summed E-state index contributed by atoms with van der Waals surface area (Å²) < 4.78 is 4.53. The van der Waals surface area contributed by atoms with Crippen LogP contribution in [-0.4, -0.2) is 5.97 Å². The van der Waals surface area contributed by atoms with E-state index in [0.29, 0.717) is 0 Å². The van der Waals surface area contributed by atoms with E-state index in [1.54, 1.807) is 6.08 Å². The SMILES string of the molecule is C=CCCC=COC(C)=O. The molecular formula is C8H12O2. The molecule has 0 amide bonds. The maximum atomic E-state index is 10.2. The van der Waals surface area contributed by atoms with Gasteiger partial charge in [0.2, 0.25) is 0 Å². The minimum absolute atomic E-state index is 0.283. The van der Waals surface area contributed by atoms with Crippen LogP contribution in [0.5, 0.6) is 0 Å². The van der Waals surface area contributed by atoms with E-state index < -0.39 is 0 Å². The molecule has 0 bridgehead atoms. The molecule has 0 rings (SSSR count). The fraction of sp³-hybridized carbons (Fsp3) is 0.375. The third kappa shape index (κ3) is 6.95. The van der Waals surface area contributed by atoms with Gasteiger partial charge in [-0.3, -0.25) is 4.79 Å². The molecule has 2 heteroatoms. The van der Waals surface area contributed by atoms with E-state index in [4.69, 9.17) is 0 Å². The average Bonchev–Trinajstić information content (AvgIpc) is 1.87. The Hall–Kier alpha value is -1.05. The largest absolute Gasteiger partial charge is 0.435 e. The van der Waals surface area contributed by atoms with Crippen LogP contribution in [0.25, 0.3) is 0 Å². The lowest BCUT2D eigenvalue weighted by Gasteiger charge is -1.88. The summed E-state index contributed by atoms with van der Waals surface area (Å²) >= 11 is 0. The van der Waals surface area contributed by atoms with Crippen LogP contribution >= 0.6 is 0 Å². The summed E-state index contributed by atoms with van der Waals surface area (Å²) in [6, 6.07) is 0. The zero-order chi connectivity index (χ0) is 7.82. The van der Waals surface area contributed by atoms with Crippen molar-refractivity contribution < 1.29 is 9.53 Å². The molecule has 0 aliphatic rings. The normalized spacial score (nSPS) is 9.70. The highest BCUT2D eigenvalue weighted by Crippen LogP contribution is 1.91. The molecule has 0 aromatic heterocycles. The third-order valence-corrected chi connectivity index (χ3v) is 0.868. The predicted molar refractivity (Wildman–Crippen MR) is 40.3 cm³/mol. The molecule has 0 unspecified atom stereocenters. The van der Waals surface area contributed by atoms with Gasteiger partial charge in [-0.15, -0.1) is 6.58 Å². The van der Waals surface area contributed by atoms with Crippen molar-refractivity contribution in [3.05, 3.63) is 25.0 Å². The number of allylic oxidation sites excluding steroid dienone is 2. The van der Waals surface area contributed by atoms with E-state index in [2.05, 4.69) is 11.3 Å². The quantitative estimate of drug-likeness (QED) is 0.258. The van der Waals surface area contributed by atoms with Crippen molar-refractivity contribution in [3.8, 4) is 0 Å². The van der Waals surface area contributed by atoms with Crippen LogP contribution in [0.2, 0.25) is 0 Å². The molecule has 10 heavy (non-hydrogen) atoms. The molecule has 0 aromatic carbocycles. The first kappa shape index (κ1) is 8.95. The Morgan fingerprint density at radius 1 is 1.60 bits per heavy atom. The Kier molecular flexibility index (Phi) is 5.44. The molecule has 0 fully saturated rings. The van der Waals surface area contributed by atoms with Crippen molar-refractivity contribution in [3.63, 3.8) is 0 Å². The van der Waals surface area contributed by atoms with Gasteiger partial charge in [-0.2, -0.15) is 0 Å². The molecule has 0 aromatic rings. The number of ether oxygens (including phenoxy) is 1. The van der Waals surface area contributed by atoms with E-state index in [1.807, 2.05) is 6.08 Å². The molecule has 0 N–H and O–H groups in total. The standard InChI is InChI=1S/C8H12O2/c1-3-4-5-6-7-10-8(2)9/h3,6-7H,1,4-5H2,2H3.